The normalized spacial score (nSPS) is 21.2. The quantitative estimate of drug-likeness (QED) is 0.780. The molecule has 0 spiro atoms. The number of allylic oxidation sites excluding steroid dienone is 1. The van der Waals surface area contributed by atoms with Gasteiger partial charge in [-0.25, -0.2) is 0 Å². The summed E-state index contributed by atoms with van der Waals surface area (Å²) in [4.78, 5) is 14.5. The zero-order valence-corrected chi connectivity index (χ0v) is 11.3. The van der Waals surface area contributed by atoms with E-state index in [0.29, 0.717) is 12.4 Å². The Morgan fingerprint density at radius 1 is 1.37 bits per heavy atom. The van der Waals surface area contributed by atoms with Crippen molar-refractivity contribution in [2.45, 2.75) is 19.8 Å². The van der Waals surface area contributed by atoms with Crippen molar-refractivity contribution in [1.29, 1.82) is 0 Å². The molecule has 1 aromatic carbocycles. The van der Waals surface area contributed by atoms with Crippen molar-refractivity contribution in [3.63, 3.8) is 0 Å². The highest BCUT2D eigenvalue weighted by atomic mass is 16.5. The van der Waals surface area contributed by atoms with Crippen LogP contribution in [0.4, 0.5) is 0 Å². The molecule has 0 saturated carbocycles. The number of carbonyl (C=O) groups excluding carboxylic acids is 1. The minimum absolute atomic E-state index is 0.256. The standard InChI is InChI=1S/C16H19NO2/c1-2-19-14-5-3-4-12(10-14)11-15-16(18)13-6-8-17(15)9-7-13/h3-5,10-11,13H,2,6-9H2,1H3/b15-11-. The Morgan fingerprint density at radius 2 is 2.16 bits per heavy atom. The highest BCUT2D eigenvalue weighted by molar-refractivity contribution is 6.01. The Balaban J connectivity index is 1.88. The molecule has 0 N–H and O–H groups in total. The summed E-state index contributed by atoms with van der Waals surface area (Å²) in [6.45, 7) is 4.67. The fourth-order valence-electron chi connectivity index (χ4n) is 2.93. The van der Waals surface area contributed by atoms with Crippen molar-refractivity contribution in [2.75, 3.05) is 19.7 Å². The average Bonchev–Trinajstić information content (AvgIpc) is 2.44. The molecular weight excluding hydrogens is 238 g/mol. The number of fused-ring (bicyclic) bond motifs is 3. The molecule has 19 heavy (non-hydrogen) atoms. The van der Waals surface area contributed by atoms with E-state index in [0.717, 1.165) is 42.9 Å². The van der Waals surface area contributed by atoms with Gasteiger partial charge in [0.2, 0.25) is 0 Å². The van der Waals surface area contributed by atoms with E-state index in [1.165, 1.54) is 0 Å². The maximum Gasteiger partial charge on any atom is 0.182 e. The van der Waals surface area contributed by atoms with Crippen molar-refractivity contribution in [2.24, 2.45) is 5.92 Å². The fourth-order valence-corrected chi connectivity index (χ4v) is 2.93. The van der Waals surface area contributed by atoms with Crippen LogP contribution < -0.4 is 4.74 Å². The Morgan fingerprint density at radius 3 is 2.84 bits per heavy atom. The molecule has 1 aromatic rings. The Labute approximate surface area is 113 Å². The molecule has 3 aliphatic heterocycles. The molecule has 0 atom stereocenters. The molecule has 4 rings (SSSR count). The largest absolute Gasteiger partial charge is 0.494 e. The molecule has 0 amide bonds. The Hall–Kier alpha value is -1.77. The van der Waals surface area contributed by atoms with Crippen LogP contribution in [-0.4, -0.2) is 30.4 Å². The van der Waals surface area contributed by atoms with Crippen LogP contribution in [-0.2, 0) is 4.79 Å². The maximum absolute atomic E-state index is 12.3. The molecule has 0 aliphatic carbocycles. The summed E-state index contributed by atoms with van der Waals surface area (Å²) in [5, 5.41) is 0. The number of ether oxygens (including phenoxy) is 1. The minimum Gasteiger partial charge on any atom is -0.494 e. The lowest BCUT2D eigenvalue weighted by Crippen LogP contribution is -2.45. The van der Waals surface area contributed by atoms with Gasteiger partial charge in [0.15, 0.2) is 5.78 Å². The molecule has 0 radical (unpaired) electrons. The van der Waals surface area contributed by atoms with Crippen LogP contribution >= 0.6 is 0 Å². The van der Waals surface area contributed by atoms with Gasteiger partial charge >= 0.3 is 0 Å². The van der Waals surface area contributed by atoms with E-state index < -0.39 is 0 Å². The highest BCUT2D eigenvalue weighted by Crippen LogP contribution is 2.32. The van der Waals surface area contributed by atoms with Crippen molar-refractivity contribution < 1.29 is 9.53 Å². The van der Waals surface area contributed by atoms with Gasteiger partial charge in [0, 0.05) is 19.0 Å². The van der Waals surface area contributed by atoms with E-state index in [9.17, 15) is 4.79 Å². The average molecular weight is 257 g/mol. The van der Waals surface area contributed by atoms with Gasteiger partial charge in [0.05, 0.1) is 12.3 Å². The van der Waals surface area contributed by atoms with Gasteiger partial charge in [-0.15, -0.1) is 0 Å². The molecule has 3 fully saturated rings. The molecule has 0 aromatic heterocycles. The van der Waals surface area contributed by atoms with Crippen molar-refractivity contribution in [3.05, 3.63) is 35.5 Å². The molecule has 3 saturated heterocycles. The number of ketones is 1. The maximum atomic E-state index is 12.3. The van der Waals surface area contributed by atoms with Crippen LogP contribution in [0.25, 0.3) is 6.08 Å². The van der Waals surface area contributed by atoms with Crippen LogP contribution in [0.15, 0.2) is 30.0 Å². The predicted octanol–water partition coefficient (Wildman–Crippen LogP) is 2.72. The van der Waals surface area contributed by atoms with Gasteiger partial charge < -0.3 is 9.64 Å². The molecule has 3 nitrogen and oxygen atoms in total. The van der Waals surface area contributed by atoms with Crippen LogP contribution in [0.3, 0.4) is 0 Å². The number of hydrogen-bond acceptors (Lipinski definition) is 3. The molecular formula is C16H19NO2. The summed E-state index contributed by atoms with van der Waals surface area (Å²) in [6, 6.07) is 7.93. The van der Waals surface area contributed by atoms with Crippen molar-refractivity contribution in [3.8, 4) is 5.75 Å². The number of hydrogen-bond donors (Lipinski definition) is 0. The summed E-state index contributed by atoms with van der Waals surface area (Å²) < 4.78 is 5.50. The van der Waals surface area contributed by atoms with Gasteiger partial charge in [0.25, 0.3) is 0 Å². The topological polar surface area (TPSA) is 29.5 Å². The molecule has 3 heteroatoms. The van der Waals surface area contributed by atoms with E-state index >= 15 is 0 Å². The van der Waals surface area contributed by atoms with Crippen molar-refractivity contribution >= 4 is 11.9 Å². The van der Waals surface area contributed by atoms with E-state index in [4.69, 9.17) is 4.74 Å². The molecule has 3 heterocycles. The first-order chi connectivity index (χ1) is 9.28. The van der Waals surface area contributed by atoms with Gasteiger partial charge in [0.1, 0.15) is 5.75 Å². The first-order valence-corrected chi connectivity index (χ1v) is 7.01. The van der Waals surface area contributed by atoms with Gasteiger partial charge in [-0.3, -0.25) is 4.79 Å². The Kier molecular flexibility index (Phi) is 3.28. The second-order valence-electron chi connectivity index (χ2n) is 5.16. The van der Waals surface area contributed by atoms with Crippen LogP contribution in [0.1, 0.15) is 25.3 Å². The zero-order chi connectivity index (χ0) is 13.2. The third-order valence-electron chi connectivity index (χ3n) is 3.93. The van der Waals surface area contributed by atoms with Crippen LogP contribution in [0.5, 0.6) is 5.75 Å². The number of rotatable bonds is 3. The number of benzene rings is 1. The van der Waals surface area contributed by atoms with E-state index in [1.807, 2.05) is 37.3 Å². The summed E-state index contributed by atoms with van der Waals surface area (Å²) >= 11 is 0. The second kappa shape index (κ2) is 5.08. The first kappa shape index (κ1) is 12.3. The summed E-state index contributed by atoms with van der Waals surface area (Å²) in [7, 11) is 0. The monoisotopic (exact) mass is 257 g/mol. The first-order valence-electron chi connectivity index (χ1n) is 7.01. The highest BCUT2D eigenvalue weighted by Gasteiger charge is 2.36. The summed E-state index contributed by atoms with van der Waals surface area (Å²) in [6.07, 6.45) is 4.06. The van der Waals surface area contributed by atoms with E-state index in [-0.39, 0.29) is 5.92 Å². The zero-order valence-electron chi connectivity index (χ0n) is 11.3. The van der Waals surface area contributed by atoms with Crippen molar-refractivity contribution in [1.82, 2.24) is 4.90 Å². The summed E-state index contributed by atoms with van der Waals surface area (Å²) in [5.74, 6) is 1.44. The minimum atomic E-state index is 0.256. The third kappa shape index (κ3) is 2.37. The third-order valence-corrected chi connectivity index (χ3v) is 3.93. The summed E-state index contributed by atoms with van der Waals surface area (Å²) in [5.41, 5.74) is 1.93. The number of Topliss-reactive ketones (excluding diaryl/α,β-unsaturated/α-hetero) is 1. The molecule has 100 valence electrons. The van der Waals surface area contributed by atoms with E-state index in [2.05, 4.69) is 4.90 Å². The van der Waals surface area contributed by atoms with Crippen LogP contribution in [0.2, 0.25) is 0 Å². The van der Waals surface area contributed by atoms with E-state index in [1.54, 1.807) is 0 Å². The lowest BCUT2D eigenvalue weighted by Gasteiger charge is -2.41. The molecule has 2 bridgehead atoms. The Bertz CT molecular complexity index is 513. The number of nitrogens with zero attached hydrogens (tertiary/aromatic N) is 1. The van der Waals surface area contributed by atoms with Gasteiger partial charge in [-0.1, -0.05) is 12.1 Å². The molecule has 3 aliphatic rings. The molecule has 0 unspecified atom stereocenters. The predicted molar refractivity (Wildman–Crippen MR) is 74.9 cm³/mol. The second-order valence-corrected chi connectivity index (χ2v) is 5.16. The lowest BCUT2D eigenvalue weighted by molar-refractivity contribution is -0.125. The smallest absolute Gasteiger partial charge is 0.182 e. The lowest BCUT2D eigenvalue weighted by atomic mass is 9.84. The van der Waals surface area contributed by atoms with Crippen LogP contribution in [0, 0.1) is 5.92 Å². The SMILES string of the molecule is CCOc1cccc(/C=C2/C(=O)C3CCN2CC3)c1. The van der Waals surface area contributed by atoms with Gasteiger partial charge in [-0.05, 0) is 43.5 Å². The van der Waals surface area contributed by atoms with Gasteiger partial charge in [-0.2, -0.15) is 0 Å². The number of carbonyl (C=O) groups is 1. The fraction of sp³-hybridized carbons (Fsp3) is 0.438. The number of piperidine rings is 3.